The molecule has 0 atom stereocenters. The quantitative estimate of drug-likeness (QED) is 0.416. The van der Waals surface area contributed by atoms with Crippen molar-refractivity contribution in [3.63, 3.8) is 0 Å². The van der Waals surface area contributed by atoms with Crippen LogP contribution in [-0.4, -0.2) is 65.5 Å². The first-order valence-corrected chi connectivity index (χ1v) is 14.6. The standard InChI is InChI=1S/C27H33N7O4S/c1-32(2)39(37,38)22-6-4-3-5-20(22)30-25-24-21(11-16-29-26(24)36)34(31-25)27(12-15-28)13-17-33(18-14-27)23(35)10-9-19-7-8-19/h3-6,11,16,19H,7-10,12-14,17-18H2,1-2H3,(H,29,36)(H,30,31). The molecule has 5 rings (SSSR count). The number of aromatic nitrogens is 3. The minimum Gasteiger partial charge on any atom is -0.343 e. The van der Waals surface area contributed by atoms with Crippen LogP contribution in [0.3, 0.4) is 0 Å². The van der Waals surface area contributed by atoms with E-state index in [4.69, 9.17) is 5.10 Å². The van der Waals surface area contributed by atoms with E-state index in [0.717, 1.165) is 10.7 Å². The largest absolute Gasteiger partial charge is 0.343 e. The van der Waals surface area contributed by atoms with Crippen LogP contribution in [0, 0.1) is 17.2 Å². The molecular weight excluding hydrogens is 518 g/mol. The van der Waals surface area contributed by atoms with Crippen LogP contribution >= 0.6 is 0 Å². The highest BCUT2D eigenvalue weighted by Gasteiger charge is 2.40. The topological polar surface area (TPSA) is 144 Å². The van der Waals surface area contributed by atoms with Gasteiger partial charge in [0.15, 0.2) is 5.82 Å². The summed E-state index contributed by atoms with van der Waals surface area (Å²) in [5, 5.41) is 17.9. The van der Waals surface area contributed by atoms with E-state index in [-0.39, 0.29) is 39.7 Å². The van der Waals surface area contributed by atoms with Crippen molar-refractivity contribution in [2.24, 2.45) is 5.92 Å². The van der Waals surface area contributed by atoms with Crippen LogP contribution < -0.4 is 10.9 Å². The summed E-state index contributed by atoms with van der Waals surface area (Å²) in [5.74, 6) is 1.04. The molecule has 3 aromatic rings. The first-order valence-electron chi connectivity index (χ1n) is 13.2. The number of piperidine rings is 1. The van der Waals surface area contributed by atoms with Gasteiger partial charge in [-0.2, -0.15) is 10.4 Å². The third kappa shape index (κ3) is 5.16. The predicted octanol–water partition coefficient (Wildman–Crippen LogP) is 3.14. The zero-order chi connectivity index (χ0) is 27.8. The molecule has 0 spiro atoms. The van der Waals surface area contributed by atoms with E-state index >= 15 is 0 Å². The van der Waals surface area contributed by atoms with Gasteiger partial charge < -0.3 is 15.2 Å². The summed E-state index contributed by atoms with van der Waals surface area (Å²) in [6, 6.07) is 10.5. The smallest absolute Gasteiger partial charge is 0.261 e. The lowest BCUT2D eigenvalue weighted by Crippen LogP contribution is -2.48. The fourth-order valence-corrected chi connectivity index (χ4v) is 6.36. The number of carbonyl (C=O) groups is 1. The summed E-state index contributed by atoms with van der Waals surface area (Å²) in [5.41, 5.74) is -0.276. The van der Waals surface area contributed by atoms with Crippen molar-refractivity contribution in [2.75, 3.05) is 32.5 Å². The van der Waals surface area contributed by atoms with Gasteiger partial charge >= 0.3 is 0 Å². The third-order valence-corrected chi connectivity index (χ3v) is 9.74. The summed E-state index contributed by atoms with van der Waals surface area (Å²) in [6.45, 7) is 1.00. The maximum Gasteiger partial charge on any atom is 0.261 e. The van der Waals surface area contributed by atoms with Crippen molar-refractivity contribution >= 4 is 38.3 Å². The molecule has 206 valence electrons. The van der Waals surface area contributed by atoms with E-state index < -0.39 is 15.6 Å². The Balaban J connectivity index is 1.51. The average Bonchev–Trinajstić information content (AvgIpc) is 3.68. The summed E-state index contributed by atoms with van der Waals surface area (Å²) in [6.07, 6.45) is 6.65. The number of amides is 1. The molecule has 1 amide bonds. The van der Waals surface area contributed by atoms with Crippen LogP contribution in [0.15, 0.2) is 46.2 Å². The van der Waals surface area contributed by atoms with Crippen LogP contribution in [-0.2, 0) is 20.4 Å². The second-order valence-corrected chi connectivity index (χ2v) is 12.8. The lowest BCUT2D eigenvalue weighted by molar-refractivity contribution is -0.133. The molecule has 0 unspecified atom stereocenters. The summed E-state index contributed by atoms with van der Waals surface area (Å²) < 4.78 is 28.8. The summed E-state index contributed by atoms with van der Waals surface area (Å²) in [4.78, 5) is 30.4. The highest BCUT2D eigenvalue weighted by atomic mass is 32.2. The van der Waals surface area contributed by atoms with Crippen molar-refractivity contribution in [1.82, 2.24) is 24.0 Å². The van der Waals surface area contributed by atoms with E-state index in [1.54, 1.807) is 28.9 Å². The first-order chi connectivity index (χ1) is 18.7. The molecule has 0 radical (unpaired) electrons. The Bertz CT molecular complexity index is 1590. The molecule has 2 fully saturated rings. The molecule has 1 saturated carbocycles. The molecule has 1 aliphatic heterocycles. The zero-order valence-corrected chi connectivity index (χ0v) is 23.0. The van der Waals surface area contributed by atoms with Crippen LogP contribution in [0.2, 0.25) is 0 Å². The van der Waals surface area contributed by atoms with Gasteiger partial charge in [-0.3, -0.25) is 14.3 Å². The second kappa shape index (κ2) is 10.5. The number of para-hydroxylation sites is 1. The van der Waals surface area contributed by atoms with E-state index in [1.807, 2.05) is 4.90 Å². The molecule has 2 aliphatic rings. The number of likely N-dealkylation sites (tertiary alicyclic amines) is 1. The predicted molar refractivity (Wildman–Crippen MR) is 147 cm³/mol. The number of fused-ring (bicyclic) bond motifs is 1. The van der Waals surface area contributed by atoms with Gasteiger partial charge in [-0.15, -0.1) is 0 Å². The van der Waals surface area contributed by atoms with Crippen LogP contribution in [0.1, 0.15) is 44.9 Å². The Kier molecular flexibility index (Phi) is 7.22. The van der Waals surface area contributed by atoms with Crippen LogP contribution in [0.25, 0.3) is 10.9 Å². The van der Waals surface area contributed by atoms with Crippen LogP contribution in [0.4, 0.5) is 11.5 Å². The fraction of sp³-hybridized carbons (Fsp3) is 0.481. The minimum atomic E-state index is -3.78. The highest BCUT2D eigenvalue weighted by Crippen LogP contribution is 2.39. The molecule has 11 nitrogen and oxygen atoms in total. The number of nitrogens with zero attached hydrogens (tertiary/aromatic N) is 5. The van der Waals surface area contributed by atoms with Gasteiger partial charge in [0.25, 0.3) is 5.56 Å². The Hall–Kier alpha value is -3.69. The number of H-pyrrole nitrogens is 1. The average molecular weight is 552 g/mol. The van der Waals surface area contributed by atoms with Gasteiger partial charge in [-0.25, -0.2) is 12.7 Å². The molecular formula is C27H33N7O4S. The molecule has 12 heteroatoms. The maximum atomic E-state index is 13.0. The number of carbonyl (C=O) groups excluding carboxylic acids is 1. The van der Waals surface area contributed by atoms with Gasteiger partial charge in [-0.05, 0) is 43.4 Å². The molecule has 39 heavy (non-hydrogen) atoms. The monoisotopic (exact) mass is 551 g/mol. The lowest BCUT2D eigenvalue weighted by Gasteiger charge is -2.41. The third-order valence-electron chi connectivity index (χ3n) is 7.87. The SMILES string of the molecule is CN(C)S(=O)(=O)c1ccccc1Nc1nn(C2(CC#N)CCN(C(=O)CCC3CC3)CC2)c2cc[nH]c(=O)c12. The highest BCUT2D eigenvalue weighted by molar-refractivity contribution is 7.89. The van der Waals surface area contributed by atoms with Crippen molar-refractivity contribution in [3.8, 4) is 6.07 Å². The van der Waals surface area contributed by atoms with Gasteiger partial charge in [0.1, 0.15) is 10.3 Å². The summed E-state index contributed by atoms with van der Waals surface area (Å²) >= 11 is 0. The number of nitrogens with one attached hydrogen (secondary N) is 2. The maximum absolute atomic E-state index is 13.0. The van der Waals surface area contributed by atoms with E-state index in [1.165, 1.54) is 39.2 Å². The molecule has 3 heterocycles. The van der Waals surface area contributed by atoms with E-state index in [2.05, 4.69) is 16.4 Å². The molecule has 1 aliphatic carbocycles. The van der Waals surface area contributed by atoms with Crippen LogP contribution in [0.5, 0.6) is 0 Å². The molecule has 2 N–H and O–H groups in total. The normalized spacial score (nSPS) is 17.3. The molecule has 1 aromatic carbocycles. The Morgan fingerprint density at radius 2 is 1.95 bits per heavy atom. The molecule has 0 bridgehead atoms. The van der Waals surface area contributed by atoms with Crippen molar-refractivity contribution in [1.29, 1.82) is 5.26 Å². The van der Waals surface area contributed by atoms with Crippen molar-refractivity contribution in [3.05, 3.63) is 46.9 Å². The van der Waals surface area contributed by atoms with E-state index in [9.17, 15) is 23.3 Å². The number of pyridine rings is 1. The molecule has 2 aromatic heterocycles. The number of anilines is 2. The summed E-state index contributed by atoms with van der Waals surface area (Å²) in [7, 11) is -0.868. The Morgan fingerprint density at radius 3 is 2.62 bits per heavy atom. The van der Waals surface area contributed by atoms with Gasteiger partial charge in [-0.1, -0.05) is 25.0 Å². The van der Waals surface area contributed by atoms with E-state index in [0.29, 0.717) is 43.8 Å². The zero-order valence-electron chi connectivity index (χ0n) is 22.2. The van der Waals surface area contributed by atoms with Gasteiger partial charge in [0.2, 0.25) is 15.9 Å². The number of hydrogen-bond donors (Lipinski definition) is 2. The molecule has 1 saturated heterocycles. The lowest BCUT2D eigenvalue weighted by atomic mass is 9.84. The number of nitriles is 1. The van der Waals surface area contributed by atoms with Crippen molar-refractivity contribution < 1.29 is 13.2 Å². The Labute approximate surface area is 227 Å². The van der Waals surface area contributed by atoms with Crippen molar-refractivity contribution in [2.45, 2.75) is 55.4 Å². The fourth-order valence-electron chi connectivity index (χ4n) is 5.32. The number of sulfonamides is 1. The first kappa shape index (κ1) is 26.9. The Morgan fingerprint density at radius 1 is 1.23 bits per heavy atom. The van der Waals surface area contributed by atoms with Gasteiger partial charge in [0, 0.05) is 39.8 Å². The number of hydrogen-bond acceptors (Lipinski definition) is 7. The minimum absolute atomic E-state index is 0.0508. The number of aromatic amines is 1. The number of rotatable bonds is 9. The number of benzene rings is 1. The second-order valence-electron chi connectivity index (χ2n) is 10.7. The van der Waals surface area contributed by atoms with Gasteiger partial charge in [0.05, 0.1) is 29.2 Å².